The smallest absolute Gasteiger partial charge is 0.226 e. The number of hydrogen-bond acceptors (Lipinski definition) is 5. The van der Waals surface area contributed by atoms with E-state index in [1.807, 2.05) is 6.92 Å². The minimum atomic E-state index is -0.676. The third kappa shape index (κ3) is 3.81. The molecule has 1 saturated heterocycles. The van der Waals surface area contributed by atoms with E-state index < -0.39 is 6.10 Å². The SMILES string of the molecule is C[C@@H]1C[C@@H]([C@H](O)CC2CC(=O)NC(=O)C2)/C(=N/O)[C@@H](C)C1. The van der Waals surface area contributed by atoms with Gasteiger partial charge < -0.3 is 10.3 Å². The van der Waals surface area contributed by atoms with E-state index in [0.29, 0.717) is 18.1 Å². The van der Waals surface area contributed by atoms with Gasteiger partial charge in [0.05, 0.1) is 11.8 Å². The van der Waals surface area contributed by atoms with Crippen LogP contribution in [0.5, 0.6) is 0 Å². The molecule has 2 aliphatic rings. The van der Waals surface area contributed by atoms with Crippen molar-refractivity contribution in [1.82, 2.24) is 5.32 Å². The number of carbonyl (C=O) groups is 2. The monoisotopic (exact) mass is 296 g/mol. The topological polar surface area (TPSA) is 99.0 Å². The molecule has 118 valence electrons. The minimum absolute atomic E-state index is 0.131. The predicted molar refractivity (Wildman–Crippen MR) is 76.8 cm³/mol. The molecule has 1 aliphatic carbocycles. The summed E-state index contributed by atoms with van der Waals surface area (Å²) < 4.78 is 0. The molecule has 0 aromatic carbocycles. The van der Waals surface area contributed by atoms with E-state index in [2.05, 4.69) is 17.4 Å². The van der Waals surface area contributed by atoms with Crippen molar-refractivity contribution >= 4 is 17.5 Å². The molecule has 0 aromatic rings. The molecule has 6 heteroatoms. The molecule has 6 nitrogen and oxygen atoms in total. The van der Waals surface area contributed by atoms with E-state index in [-0.39, 0.29) is 42.4 Å². The molecular weight excluding hydrogens is 272 g/mol. The van der Waals surface area contributed by atoms with Gasteiger partial charge in [0.25, 0.3) is 0 Å². The van der Waals surface area contributed by atoms with Gasteiger partial charge in [-0.2, -0.15) is 0 Å². The summed E-state index contributed by atoms with van der Waals surface area (Å²) in [5.41, 5.74) is 0.646. The van der Waals surface area contributed by atoms with Gasteiger partial charge in [0.15, 0.2) is 0 Å². The third-order valence-electron chi connectivity index (χ3n) is 4.68. The van der Waals surface area contributed by atoms with Crippen molar-refractivity contribution < 1.29 is 19.9 Å². The Morgan fingerprint density at radius 2 is 1.86 bits per heavy atom. The molecule has 2 amide bonds. The lowest BCUT2D eigenvalue weighted by Gasteiger charge is -2.36. The first-order valence-corrected chi connectivity index (χ1v) is 7.63. The Hall–Kier alpha value is -1.43. The number of aliphatic hydroxyl groups is 1. The highest BCUT2D eigenvalue weighted by atomic mass is 16.4. The number of piperidine rings is 1. The van der Waals surface area contributed by atoms with Crippen LogP contribution in [0.1, 0.15) is 46.0 Å². The molecule has 2 rings (SSSR count). The van der Waals surface area contributed by atoms with E-state index in [9.17, 15) is 19.9 Å². The Bertz CT molecular complexity index is 433. The normalized spacial score (nSPS) is 34.8. The number of imide groups is 1. The summed E-state index contributed by atoms with van der Waals surface area (Å²) in [6.45, 7) is 4.13. The quantitative estimate of drug-likeness (QED) is 0.415. The summed E-state index contributed by atoms with van der Waals surface area (Å²) in [5.74, 6) is -0.256. The van der Waals surface area contributed by atoms with Crippen LogP contribution in [0.4, 0.5) is 0 Å². The van der Waals surface area contributed by atoms with Gasteiger partial charge in [-0.3, -0.25) is 14.9 Å². The van der Waals surface area contributed by atoms with Gasteiger partial charge in [0.1, 0.15) is 0 Å². The average Bonchev–Trinajstić information content (AvgIpc) is 2.36. The van der Waals surface area contributed by atoms with Gasteiger partial charge in [0.2, 0.25) is 11.8 Å². The Morgan fingerprint density at radius 3 is 2.43 bits per heavy atom. The summed E-state index contributed by atoms with van der Waals surface area (Å²) in [6, 6.07) is 0. The summed E-state index contributed by atoms with van der Waals surface area (Å²) >= 11 is 0. The fraction of sp³-hybridized carbons (Fsp3) is 0.800. The van der Waals surface area contributed by atoms with Gasteiger partial charge in [-0.15, -0.1) is 0 Å². The highest BCUT2D eigenvalue weighted by Gasteiger charge is 2.37. The number of hydrogen-bond donors (Lipinski definition) is 3. The second-order valence-electron chi connectivity index (χ2n) is 6.66. The van der Waals surface area contributed by atoms with Crippen LogP contribution in [0.3, 0.4) is 0 Å². The Kier molecular flexibility index (Phi) is 4.98. The lowest BCUT2D eigenvalue weighted by molar-refractivity contribution is -0.135. The van der Waals surface area contributed by atoms with Gasteiger partial charge in [-0.1, -0.05) is 19.0 Å². The largest absolute Gasteiger partial charge is 0.411 e. The van der Waals surface area contributed by atoms with Crippen LogP contribution in [0.25, 0.3) is 0 Å². The van der Waals surface area contributed by atoms with E-state index in [1.54, 1.807) is 0 Å². The zero-order chi connectivity index (χ0) is 15.6. The number of nitrogens with one attached hydrogen (secondary N) is 1. The Labute approximate surface area is 124 Å². The second-order valence-corrected chi connectivity index (χ2v) is 6.66. The van der Waals surface area contributed by atoms with Crippen LogP contribution in [0.15, 0.2) is 5.16 Å². The molecule has 4 atom stereocenters. The zero-order valence-electron chi connectivity index (χ0n) is 12.6. The number of amides is 2. The summed E-state index contributed by atoms with van der Waals surface area (Å²) in [5, 5.41) is 25.4. The molecule has 0 spiro atoms. The van der Waals surface area contributed by atoms with Crippen molar-refractivity contribution in [2.24, 2.45) is 28.8 Å². The Morgan fingerprint density at radius 1 is 1.24 bits per heavy atom. The highest BCUT2D eigenvalue weighted by Crippen LogP contribution is 2.35. The molecule has 0 unspecified atom stereocenters. The van der Waals surface area contributed by atoms with Gasteiger partial charge in [0, 0.05) is 18.8 Å². The summed E-state index contributed by atoms with van der Waals surface area (Å²) in [4.78, 5) is 22.8. The second kappa shape index (κ2) is 6.56. The van der Waals surface area contributed by atoms with E-state index in [0.717, 1.165) is 12.8 Å². The number of rotatable bonds is 3. The predicted octanol–water partition coefficient (Wildman–Crippen LogP) is 1.30. The molecule has 21 heavy (non-hydrogen) atoms. The van der Waals surface area contributed by atoms with Crippen molar-refractivity contribution in [2.45, 2.75) is 52.1 Å². The van der Waals surface area contributed by atoms with E-state index in [1.165, 1.54) is 0 Å². The maximum atomic E-state index is 11.4. The highest BCUT2D eigenvalue weighted by molar-refractivity contribution is 5.97. The van der Waals surface area contributed by atoms with E-state index in [4.69, 9.17) is 0 Å². The number of oxime groups is 1. The van der Waals surface area contributed by atoms with Crippen LogP contribution >= 0.6 is 0 Å². The fourth-order valence-electron chi connectivity index (χ4n) is 3.79. The Balaban J connectivity index is 2.02. The van der Waals surface area contributed by atoms with Crippen molar-refractivity contribution in [2.75, 3.05) is 0 Å². The molecule has 3 N–H and O–H groups in total. The van der Waals surface area contributed by atoms with Crippen molar-refractivity contribution in [1.29, 1.82) is 0 Å². The first-order chi connectivity index (χ1) is 9.90. The van der Waals surface area contributed by atoms with Gasteiger partial charge in [-0.25, -0.2) is 0 Å². The standard InChI is InChI=1S/C15H24N2O4/c1-8-3-9(2)15(17-21)11(4-8)12(18)5-10-6-13(19)16-14(20)7-10/h8-12,18,21H,3-7H2,1-2H3,(H,16,19,20)/b17-15+/t8-,9-,11-,12+/m0/s1. The van der Waals surface area contributed by atoms with Crippen LogP contribution < -0.4 is 5.32 Å². The van der Waals surface area contributed by atoms with Gasteiger partial charge in [-0.05, 0) is 37.0 Å². The van der Waals surface area contributed by atoms with E-state index >= 15 is 0 Å². The minimum Gasteiger partial charge on any atom is -0.411 e. The van der Waals surface area contributed by atoms with Crippen molar-refractivity contribution in [3.63, 3.8) is 0 Å². The maximum absolute atomic E-state index is 11.4. The average molecular weight is 296 g/mol. The van der Waals surface area contributed by atoms with Crippen LogP contribution in [-0.2, 0) is 9.59 Å². The zero-order valence-corrected chi connectivity index (χ0v) is 12.6. The molecule has 0 aromatic heterocycles. The number of carbonyl (C=O) groups excluding carboxylic acids is 2. The summed E-state index contributed by atoms with van der Waals surface area (Å²) in [6.07, 6.45) is 1.98. The first kappa shape index (κ1) is 15.9. The van der Waals surface area contributed by atoms with Crippen LogP contribution in [0, 0.1) is 23.7 Å². The molecule has 1 saturated carbocycles. The first-order valence-electron chi connectivity index (χ1n) is 7.63. The molecule has 1 aliphatic heterocycles. The van der Waals surface area contributed by atoms with Crippen LogP contribution in [0.2, 0.25) is 0 Å². The fourth-order valence-corrected chi connectivity index (χ4v) is 3.79. The molecule has 0 bridgehead atoms. The lowest BCUT2D eigenvalue weighted by Crippen LogP contribution is -2.42. The van der Waals surface area contributed by atoms with Crippen molar-refractivity contribution in [3.05, 3.63) is 0 Å². The summed E-state index contributed by atoms with van der Waals surface area (Å²) in [7, 11) is 0. The molecular formula is C15H24N2O4. The van der Waals surface area contributed by atoms with Crippen molar-refractivity contribution in [3.8, 4) is 0 Å². The lowest BCUT2D eigenvalue weighted by atomic mass is 9.71. The number of nitrogens with zero attached hydrogens (tertiary/aromatic N) is 1. The number of aliphatic hydroxyl groups excluding tert-OH is 1. The van der Waals surface area contributed by atoms with Crippen LogP contribution in [-0.4, -0.2) is 33.9 Å². The molecule has 2 fully saturated rings. The molecule has 0 radical (unpaired) electrons. The maximum Gasteiger partial charge on any atom is 0.226 e. The third-order valence-corrected chi connectivity index (χ3v) is 4.68. The molecule has 1 heterocycles. The van der Waals surface area contributed by atoms with Gasteiger partial charge >= 0.3 is 0 Å².